The molecule has 34 heavy (non-hydrogen) atoms. The molecule has 4 N–H and O–H groups in total. The van der Waals surface area contributed by atoms with E-state index in [-0.39, 0.29) is 17.0 Å². The second-order valence-electron chi connectivity index (χ2n) is 8.20. The molecule has 0 aromatic carbocycles. The van der Waals surface area contributed by atoms with Crippen LogP contribution in [0.25, 0.3) is 11.5 Å². The van der Waals surface area contributed by atoms with Crippen LogP contribution in [0.15, 0.2) is 12.4 Å². The summed E-state index contributed by atoms with van der Waals surface area (Å²) in [6.07, 6.45) is 1.74. The largest absolute Gasteiger partial charge is 0.477 e. The highest BCUT2D eigenvalue weighted by Crippen LogP contribution is 2.34. The number of carboxylic acids is 1. The minimum absolute atomic E-state index is 0.114. The summed E-state index contributed by atoms with van der Waals surface area (Å²) in [7, 11) is 1.70. The molecular weight excluding hydrogens is 482 g/mol. The third-order valence-corrected chi connectivity index (χ3v) is 7.23. The number of hydrogen-bond acceptors (Lipinski definition) is 9. The number of ether oxygens (including phenoxy) is 1. The van der Waals surface area contributed by atoms with Gasteiger partial charge in [0.2, 0.25) is 0 Å². The van der Waals surface area contributed by atoms with E-state index in [1.54, 1.807) is 13.1 Å². The Labute approximate surface area is 205 Å². The van der Waals surface area contributed by atoms with E-state index in [1.165, 1.54) is 11.0 Å². The molecule has 1 saturated heterocycles. The normalized spacial score (nSPS) is 19.5. The van der Waals surface area contributed by atoms with Crippen molar-refractivity contribution in [3.8, 4) is 11.5 Å². The second kappa shape index (κ2) is 10.4. The summed E-state index contributed by atoms with van der Waals surface area (Å²) in [5.74, 6) is -0.654. The molecule has 11 nitrogen and oxygen atoms in total. The van der Waals surface area contributed by atoms with Crippen LogP contribution in [-0.2, 0) is 11.8 Å². The Morgan fingerprint density at radius 3 is 2.91 bits per heavy atom. The molecule has 3 aromatic heterocycles. The lowest BCUT2D eigenvalue weighted by Gasteiger charge is -2.39. The summed E-state index contributed by atoms with van der Waals surface area (Å²) >= 11 is 7.24. The maximum atomic E-state index is 11.9. The molecule has 0 saturated carbocycles. The fourth-order valence-corrected chi connectivity index (χ4v) is 5.07. The number of hydrogen-bond donors (Lipinski definition) is 4. The molecule has 184 valence electrons. The van der Waals surface area contributed by atoms with E-state index in [9.17, 15) is 15.0 Å². The number of thiazole rings is 1. The smallest absolute Gasteiger partial charge is 0.348 e. The summed E-state index contributed by atoms with van der Waals surface area (Å²) in [6.45, 7) is 5.57. The number of aryl methyl sites for hydroxylation is 2. The van der Waals surface area contributed by atoms with Crippen LogP contribution in [0, 0.1) is 6.92 Å². The van der Waals surface area contributed by atoms with Gasteiger partial charge in [0, 0.05) is 38.5 Å². The highest BCUT2D eigenvalue weighted by molar-refractivity contribution is 7.17. The van der Waals surface area contributed by atoms with Crippen molar-refractivity contribution in [2.24, 2.45) is 7.05 Å². The molecule has 3 unspecified atom stereocenters. The third kappa shape index (κ3) is 5.10. The molecule has 1 fully saturated rings. The van der Waals surface area contributed by atoms with Gasteiger partial charge in [-0.2, -0.15) is 5.10 Å². The van der Waals surface area contributed by atoms with Crippen LogP contribution in [-0.4, -0.2) is 72.8 Å². The van der Waals surface area contributed by atoms with Gasteiger partial charge in [-0.05, 0) is 25.8 Å². The zero-order valence-corrected chi connectivity index (χ0v) is 20.7. The van der Waals surface area contributed by atoms with Gasteiger partial charge in [-0.3, -0.25) is 5.32 Å². The quantitative estimate of drug-likeness (QED) is 0.320. The number of nitrogens with zero attached hydrogens (tertiary/aromatic N) is 5. The van der Waals surface area contributed by atoms with Gasteiger partial charge in [0.1, 0.15) is 23.1 Å². The van der Waals surface area contributed by atoms with E-state index in [0.29, 0.717) is 53.5 Å². The average Bonchev–Trinajstić information content (AvgIpc) is 3.51. The van der Waals surface area contributed by atoms with Crippen LogP contribution in [0.3, 0.4) is 0 Å². The molecule has 4 heterocycles. The predicted octanol–water partition coefficient (Wildman–Crippen LogP) is 2.58. The van der Waals surface area contributed by atoms with Gasteiger partial charge in [-0.1, -0.05) is 29.9 Å². The molecule has 3 atom stereocenters. The minimum atomic E-state index is -1.06. The Hall–Kier alpha value is -2.51. The van der Waals surface area contributed by atoms with Crippen LogP contribution in [0.4, 0.5) is 5.13 Å². The number of carboxylic acid groups (broad SMARTS) is 1. The molecule has 3 aromatic rings. The summed E-state index contributed by atoms with van der Waals surface area (Å²) in [6, 6.07) is 1.60. The minimum Gasteiger partial charge on any atom is -0.477 e. The van der Waals surface area contributed by atoms with Gasteiger partial charge in [0.25, 0.3) is 0 Å². The number of anilines is 1. The van der Waals surface area contributed by atoms with Gasteiger partial charge >= 0.3 is 5.97 Å². The van der Waals surface area contributed by atoms with Crippen molar-refractivity contribution >= 4 is 34.0 Å². The maximum absolute atomic E-state index is 11.9. The lowest BCUT2D eigenvalue weighted by atomic mass is 10.0. The van der Waals surface area contributed by atoms with E-state index in [4.69, 9.17) is 16.3 Å². The molecule has 0 amide bonds. The molecule has 0 spiro atoms. The van der Waals surface area contributed by atoms with Crippen LogP contribution in [0.5, 0.6) is 0 Å². The Bertz CT molecular complexity index is 1130. The number of carbonyl (C=O) groups is 1. The average molecular weight is 510 g/mol. The van der Waals surface area contributed by atoms with Gasteiger partial charge in [-0.25, -0.2) is 19.4 Å². The number of aliphatic hydroxyl groups excluding tert-OH is 1. The monoisotopic (exact) mass is 509 g/mol. The van der Waals surface area contributed by atoms with Gasteiger partial charge in [0.15, 0.2) is 11.0 Å². The summed E-state index contributed by atoms with van der Waals surface area (Å²) in [5.41, 5.74) is 1.69. The zero-order valence-electron chi connectivity index (χ0n) is 19.2. The van der Waals surface area contributed by atoms with Crippen molar-refractivity contribution in [2.45, 2.75) is 45.1 Å². The number of aliphatic hydroxyl groups is 1. The Morgan fingerprint density at radius 1 is 1.50 bits per heavy atom. The molecule has 1 aliphatic heterocycles. The van der Waals surface area contributed by atoms with Crippen molar-refractivity contribution in [2.75, 3.05) is 24.6 Å². The third-order valence-electron chi connectivity index (χ3n) is 5.74. The topological polar surface area (TPSA) is 141 Å². The first kappa shape index (κ1) is 24.6. The molecule has 4 rings (SSSR count). The molecular formula is C21H28ClN7O4S. The second-order valence-corrected chi connectivity index (χ2v) is 9.59. The van der Waals surface area contributed by atoms with Gasteiger partial charge in [0.05, 0.1) is 16.8 Å². The number of aromatic amines is 1. The highest BCUT2D eigenvalue weighted by atomic mass is 35.5. The SMILES string of the molecule is CCCOC1CN(c2nc(-c3ncnn3C)c(C(=O)O)s2)CCC1NC(O)c1cc(Cl)c(C)[nH]1. The highest BCUT2D eigenvalue weighted by Gasteiger charge is 2.34. The lowest BCUT2D eigenvalue weighted by molar-refractivity contribution is -0.00101. The van der Waals surface area contributed by atoms with Crippen molar-refractivity contribution < 1.29 is 19.7 Å². The van der Waals surface area contributed by atoms with Crippen molar-refractivity contribution in [3.63, 3.8) is 0 Å². The Kier molecular flexibility index (Phi) is 7.53. The molecule has 0 bridgehead atoms. The number of halogens is 1. The van der Waals surface area contributed by atoms with Gasteiger partial charge in [-0.15, -0.1) is 0 Å². The summed E-state index contributed by atoms with van der Waals surface area (Å²) in [4.78, 5) is 25.9. The van der Waals surface area contributed by atoms with Crippen molar-refractivity contribution in [1.29, 1.82) is 0 Å². The fraction of sp³-hybridized carbons (Fsp3) is 0.524. The van der Waals surface area contributed by atoms with Crippen LogP contribution in [0.1, 0.15) is 47.1 Å². The maximum Gasteiger partial charge on any atom is 0.348 e. The first-order valence-electron chi connectivity index (χ1n) is 11.0. The van der Waals surface area contributed by atoms with Crippen molar-refractivity contribution in [3.05, 3.63) is 33.7 Å². The summed E-state index contributed by atoms with van der Waals surface area (Å²) in [5, 5.41) is 28.9. The number of aromatic carboxylic acids is 1. The van der Waals surface area contributed by atoms with E-state index in [1.807, 2.05) is 18.7 Å². The van der Waals surface area contributed by atoms with Crippen LogP contribution >= 0.6 is 22.9 Å². The van der Waals surface area contributed by atoms with Gasteiger partial charge < -0.3 is 24.8 Å². The van der Waals surface area contributed by atoms with E-state index >= 15 is 0 Å². The number of nitrogens with one attached hydrogen (secondary N) is 2. The predicted molar refractivity (Wildman–Crippen MR) is 128 cm³/mol. The number of rotatable bonds is 9. The molecule has 1 aliphatic rings. The first-order valence-corrected chi connectivity index (χ1v) is 12.2. The molecule has 13 heteroatoms. The number of H-pyrrole nitrogens is 1. The first-order chi connectivity index (χ1) is 16.3. The molecule has 0 aliphatic carbocycles. The number of aromatic nitrogens is 5. The fourth-order valence-electron chi connectivity index (χ4n) is 3.97. The van der Waals surface area contributed by atoms with E-state index < -0.39 is 12.2 Å². The number of piperidine rings is 1. The Morgan fingerprint density at radius 2 is 2.29 bits per heavy atom. The standard InChI is InChI=1S/C21H28ClN7O4S/c1-4-7-33-15-9-29(6-5-13(15)26-19(30)14-8-12(22)11(2)25-14)21-27-16(17(34-21)20(31)32)18-23-10-24-28(18)3/h8,10,13,15,19,25-26,30H,4-7,9H2,1-3H3,(H,31,32). The molecule has 0 radical (unpaired) electrons. The Balaban J connectivity index is 1.53. The van der Waals surface area contributed by atoms with E-state index in [0.717, 1.165) is 23.5 Å². The van der Waals surface area contributed by atoms with Crippen LogP contribution < -0.4 is 10.2 Å². The van der Waals surface area contributed by atoms with E-state index in [2.05, 4.69) is 25.4 Å². The summed E-state index contributed by atoms with van der Waals surface area (Å²) < 4.78 is 7.63. The lowest BCUT2D eigenvalue weighted by Crippen LogP contribution is -2.54. The van der Waals surface area contributed by atoms with Crippen LogP contribution in [0.2, 0.25) is 5.02 Å². The zero-order chi connectivity index (χ0) is 24.4. The van der Waals surface area contributed by atoms with Crippen molar-refractivity contribution in [1.82, 2.24) is 30.0 Å².